The summed E-state index contributed by atoms with van der Waals surface area (Å²) in [6.07, 6.45) is 1.85. The van der Waals surface area contributed by atoms with Gasteiger partial charge in [-0.25, -0.2) is 0 Å². The van der Waals surface area contributed by atoms with Crippen molar-refractivity contribution in [3.63, 3.8) is 0 Å². The monoisotopic (exact) mass is 235 g/mol. The summed E-state index contributed by atoms with van der Waals surface area (Å²) in [6, 6.07) is 0. The Morgan fingerprint density at radius 2 is 1.87 bits per heavy atom. The van der Waals surface area contributed by atoms with Crippen molar-refractivity contribution in [3.05, 3.63) is 0 Å². The van der Waals surface area contributed by atoms with Crippen LogP contribution in [0.4, 0.5) is 0 Å². The maximum atomic E-state index is 10.5. The van der Waals surface area contributed by atoms with Crippen LogP contribution in [0.5, 0.6) is 0 Å². The first-order valence-electron chi connectivity index (χ1n) is 5.38. The van der Waals surface area contributed by atoms with Crippen LogP contribution in [-0.2, 0) is 14.1 Å². The molecule has 0 spiro atoms. The lowest BCUT2D eigenvalue weighted by Crippen LogP contribution is -2.09. The Bertz CT molecular complexity index is 152. The minimum Gasteiger partial charge on any atom is -0.465 e. The molecule has 0 unspecified atom stereocenters. The average molecular weight is 235 g/mol. The predicted molar refractivity (Wildman–Crippen MR) is 62.6 cm³/mol. The second kappa shape index (κ2) is 16.0. The predicted octanol–water partition coefficient (Wildman–Crippen LogP) is 2.24. The lowest BCUT2D eigenvalue weighted by atomic mass is 10.4. The summed E-state index contributed by atoms with van der Waals surface area (Å²) in [5, 5.41) is 3.11. The van der Waals surface area contributed by atoms with Gasteiger partial charge in [0.25, 0.3) is 0 Å². The molecule has 0 fully saturated rings. The first kappa shape index (κ1) is 16.9. The number of rotatable bonds is 7. The normalized spacial score (nSPS) is 9.27. The van der Waals surface area contributed by atoms with Crippen LogP contribution in [-0.4, -0.2) is 31.8 Å². The van der Waals surface area contributed by atoms with Gasteiger partial charge >= 0.3 is 5.97 Å². The Hall–Kier alpha value is -0.470. The van der Waals surface area contributed by atoms with Gasteiger partial charge in [0.1, 0.15) is 6.16 Å². The summed E-state index contributed by atoms with van der Waals surface area (Å²) >= 11 is 0. The third-order valence-corrected chi connectivity index (χ3v) is 1.84. The van der Waals surface area contributed by atoms with Gasteiger partial charge in [-0.3, -0.25) is 9.36 Å². The first-order chi connectivity index (χ1) is 7.22. The zero-order valence-electron chi connectivity index (χ0n) is 9.91. The first-order valence-corrected chi connectivity index (χ1v) is 6.38. The van der Waals surface area contributed by atoms with Gasteiger partial charge < -0.3 is 10.1 Å². The average Bonchev–Trinajstić information content (AvgIpc) is 2.21. The van der Waals surface area contributed by atoms with Crippen molar-refractivity contribution in [2.24, 2.45) is 0 Å². The Morgan fingerprint density at radius 1 is 1.27 bits per heavy atom. The highest BCUT2D eigenvalue weighted by molar-refractivity contribution is 7.25. The molecule has 0 aromatic carbocycles. The molecular weight excluding hydrogens is 213 g/mol. The van der Waals surface area contributed by atoms with E-state index in [0.29, 0.717) is 6.61 Å². The van der Waals surface area contributed by atoms with Crippen molar-refractivity contribution in [2.75, 3.05) is 25.9 Å². The molecule has 0 aromatic heterocycles. The Labute approximate surface area is 94.0 Å². The maximum Gasteiger partial charge on any atom is 0.317 e. The quantitative estimate of drug-likeness (QED) is 0.417. The molecule has 0 heterocycles. The number of unbranched alkanes of at least 4 members (excludes halogenated alkanes) is 1. The highest BCUT2D eigenvalue weighted by atomic mass is 31.1. The molecule has 90 valence electrons. The molecule has 0 atom stereocenters. The van der Waals surface area contributed by atoms with Crippen LogP contribution in [0, 0.1) is 0 Å². The second-order valence-electron chi connectivity index (χ2n) is 2.82. The SMILES string of the molecule is CCCCOC(=O)CP=O.CCNCC. The van der Waals surface area contributed by atoms with E-state index in [9.17, 15) is 9.36 Å². The van der Waals surface area contributed by atoms with Crippen LogP contribution in [0.25, 0.3) is 0 Å². The Balaban J connectivity index is 0. The summed E-state index contributed by atoms with van der Waals surface area (Å²) < 4.78 is 14.5. The van der Waals surface area contributed by atoms with E-state index >= 15 is 0 Å². The van der Waals surface area contributed by atoms with E-state index in [1.807, 2.05) is 6.92 Å². The van der Waals surface area contributed by atoms with Gasteiger partial charge in [0, 0.05) is 0 Å². The van der Waals surface area contributed by atoms with E-state index in [1.165, 1.54) is 0 Å². The van der Waals surface area contributed by atoms with Crippen LogP contribution in [0.3, 0.4) is 0 Å². The summed E-state index contributed by atoms with van der Waals surface area (Å²) in [5.74, 6) is -0.384. The van der Waals surface area contributed by atoms with Crippen LogP contribution >= 0.6 is 8.46 Å². The molecule has 0 amide bonds. The molecule has 0 radical (unpaired) electrons. The van der Waals surface area contributed by atoms with Gasteiger partial charge in [-0.05, 0) is 19.5 Å². The molecule has 1 N–H and O–H groups in total. The number of carbonyl (C=O) groups is 1. The summed E-state index contributed by atoms with van der Waals surface area (Å²) in [7, 11) is -0.166. The van der Waals surface area contributed by atoms with Gasteiger partial charge in [0.05, 0.1) is 6.61 Å². The van der Waals surface area contributed by atoms with E-state index in [0.717, 1.165) is 25.9 Å². The van der Waals surface area contributed by atoms with Crippen molar-refractivity contribution in [3.8, 4) is 0 Å². The van der Waals surface area contributed by atoms with Crippen molar-refractivity contribution >= 4 is 14.4 Å². The van der Waals surface area contributed by atoms with Crippen molar-refractivity contribution < 1.29 is 14.1 Å². The molecule has 0 saturated carbocycles. The van der Waals surface area contributed by atoms with E-state index in [4.69, 9.17) is 0 Å². The van der Waals surface area contributed by atoms with Crippen molar-refractivity contribution in [1.82, 2.24) is 5.32 Å². The molecule has 0 rings (SSSR count). The fraction of sp³-hybridized carbons (Fsp3) is 0.900. The Morgan fingerprint density at radius 3 is 2.20 bits per heavy atom. The zero-order valence-corrected chi connectivity index (χ0v) is 10.8. The lowest BCUT2D eigenvalue weighted by Gasteiger charge is -1.98. The molecule has 5 heteroatoms. The van der Waals surface area contributed by atoms with Crippen LogP contribution in [0.2, 0.25) is 0 Å². The highest BCUT2D eigenvalue weighted by Crippen LogP contribution is 1.94. The zero-order chi connectivity index (χ0) is 11.9. The van der Waals surface area contributed by atoms with Gasteiger partial charge in [-0.15, -0.1) is 0 Å². The summed E-state index contributed by atoms with van der Waals surface area (Å²) in [6.45, 7) is 8.85. The molecular formula is C10H22NO3P. The summed E-state index contributed by atoms with van der Waals surface area (Å²) in [4.78, 5) is 10.5. The third kappa shape index (κ3) is 19.8. The van der Waals surface area contributed by atoms with E-state index in [-0.39, 0.29) is 20.6 Å². The number of nitrogens with one attached hydrogen (secondary N) is 1. The second-order valence-corrected chi connectivity index (χ2v) is 3.39. The smallest absolute Gasteiger partial charge is 0.317 e. The van der Waals surface area contributed by atoms with Gasteiger partial charge in [-0.1, -0.05) is 27.2 Å². The molecule has 0 aliphatic carbocycles. The lowest BCUT2D eigenvalue weighted by molar-refractivity contribution is -0.140. The number of ether oxygens (including phenoxy) is 1. The van der Waals surface area contributed by atoms with E-state index in [1.54, 1.807) is 0 Å². The van der Waals surface area contributed by atoms with Crippen molar-refractivity contribution in [1.29, 1.82) is 0 Å². The molecule has 4 nitrogen and oxygen atoms in total. The van der Waals surface area contributed by atoms with E-state index < -0.39 is 0 Å². The van der Waals surface area contributed by atoms with Crippen LogP contribution in [0.15, 0.2) is 0 Å². The minimum atomic E-state index is -0.384. The molecule has 0 aliphatic rings. The molecule has 0 aromatic rings. The summed E-state index contributed by atoms with van der Waals surface area (Å²) in [5.41, 5.74) is 0. The number of carbonyl (C=O) groups excluding carboxylic acids is 1. The van der Waals surface area contributed by atoms with Crippen molar-refractivity contribution in [2.45, 2.75) is 33.6 Å². The molecule has 0 aliphatic heterocycles. The molecule has 15 heavy (non-hydrogen) atoms. The molecule has 0 saturated heterocycles. The topological polar surface area (TPSA) is 55.4 Å². The van der Waals surface area contributed by atoms with Gasteiger partial charge in [0.15, 0.2) is 8.46 Å². The van der Waals surface area contributed by atoms with Gasteiger partial charge in [-0.2, -0.15) is 0 Å². The largest absolute Gasteiger partial charge is 0.465 e. The number of hydrogen-bond acceptors (Lipinski definition) is 4. The fourth-order valence-corrected chi connectivity index (χ4v) is 0.875. The fourth-order valence-electron chi connectivity index (χ4n) is 0.679. The highest BCUT2D eigenvalue weighted by Gasteiger charge is 1.99. The van der Waals surface area contributed by atoms with E-state index in [2.05, 4.69) is 23.9 Å². The third-order valence-electron chi connectivity index (χ3n) is 1.45. The number of esters is 1. The maximum absolute atomic E-state index is 10.5. The number of hydrogen-bond donors (Lipinski definition) is 1. The van der Waals surface area contributed by atoms with Gasteiger partial charge in [0.2, 0.25) is 0 Å². The Kier molecular flexibility index (Phi) is 18.0. The minimum absolute atomic E-state index is 0.0241. The van der Waals surface area contributed by atoms with Crippen LogP contribution in [0.1, 0.15) is 33.6 Å². The standard InChI is InChI=1S/C6H11O3P.C4H11N/c1-2-3-4-9-6(7)5-10-8;1-3-5-4-2/h2-5H2,1H3;5H,3-4H2,1-2H3. The van der Waals surface area contributed by atoms with Crippen LogP contribution < -0.4 is 5.32 Å². The molecule has 0 bridgehead atoms.